The van der Waals surface area contributed by atoms with Gasteiger partial charge in [0.05, 0.1) is 6.61 Å². The third-order valence-corrected chi connectivity index (χ3v) is 2.01. The Balaban J connectivity index is 3.83. The second-order valence-corrected chi connectivity index (χ2v) is 4.20. The van der Waals surface area contributed by atoms with Crippen molar-refractivity contribution in [1.29, 1.82) is 0 Å². The molecule has 0 heterocycles. The quantitative estimate of drug-likeness (QED) is 0.237. The van der Waals surface area contributed by atoms with Gasteiger partial charge in [0.25, 0.3) is 0 Å². The monoisotopic (exact) mass is 247 g/mol. The molecule has 0 fully saturated rings. The molecule has 0 saturated carbocycles. The number of nitrogens with one attached hydrogen (secondary N) is 1. The van der Waals surface area contributed by atoms with Crippen molar-refractivity contribution < 1.29 is 9.53 Å². The lowest BCUT2D eigenvalue weighted by atomic mass is 10.2. The van der Waals surface area contributed by atoms with Crippen molar-refractivity contribution in [1.82, 2.24) is 5.32 Å². The summed E-state index contributed by atoms with van der Waals surface area (Å²) >= 11 is 8.58. The first-order valence-corrected chi connectivity index (χ1v) is 5.76. The van der Waals surface area contributed by atoms with Gasteiger partial charge in [-0.2, -0.15) is 0 Å². The second-order valence-electron chi connectivity index (χ2n) is 3.04. The van der Waals surface area contributed by atoms with Crippen LogP contribution in [0.15, 0.2) is 12.7 Å². The zero-order valence-electron chi connectivity index (χ0n) is 8.86. The molecule has 0 aliphatic heterocycles. The molecule has 0 saturated heterocycles. The van der Waals surface area contributed by atoms with E-state index in [0.29, 0.717) is 6.61 Å². The van der Waals surface area contributed by atoms with E-state index >= 15 is 0 Å². The molecule has 1 atom stereocenters. The topological polar surface area (TPSA) is 38.3 Å². The first-order valence-electron chi connectivity index (χ1n) is 4.90. The lowest BCUT2D eigenvalue weighted by Crippen LogP contribution is -2.37. The van der Waals surface area contributed by atoms with Crippen molar-refractivity contribution in [3.05, 3.63) is 12.7 Å². The standard InChI is InChI=1S/C10H17NO2S2/c1-3-5-6-7-13-9(12)8(4-2)11-10(14)15/h4,8H,2-3,5-7H2,1H3,(H2,11,14,15)/t8-/m0/s1. The van der Waals surface area contributed by atoms with E-state index in [0.717, 1.165) is 19.3 Å². The van der Waals surface area contributed by atoms with Gasteiger partial charge in [-0.05, 0) is 6.42 Å². The van der Waals surface area contributed by atoms with Gasteiger partial charge in [0.2, 0.25) is 0 Å². The number of carbonyl (C=O) groups is 1. The number of ether oxygens (including phenoxy) is 1. The molecule has 0 aliphatic carbocycles. The van der Waals surface area contributed by atoms with Gasteiger partial charge in [-0.25, -0.2) is 4.79 Å². The molecule has 0 bridgehead atoms. The number of esters is 1. The molecule has 86 valence electrons. The first-order chi connectivity index (χ1) is 7.11. The molecule has 0 unspecified atom stereocenters. The van der Waals surface area contributed by atoms with E-state index in [2.05, 4.69) is 31.4 Å². The Labute approximate surface area is 102 Å². The predicted octanol–water partition coefficient (Wildman–Crippen LogP) is 2.08. The van der Waals surface area contributed by atoms with Crippen LogP contribution in [0.25, 0.3) is 0 Å². The van der Waals surface area contributed by atoms with E-state index < -0.39 is 6.04 Å². The van der Waals surface area contributed by atoms with Crippen LogP contribution in [0.5, 0.6) is 0 Å². The average Bonchev–Trinajstić information content (AvgIpc) is 2.20. The second kappa shape index (κ2) is 8.73. The molecule has 0 aromatic carbocycles. The lowest BCUT2D eigenvalue weighted by molar-refractivity contribution is -0.144. The van der Waals surface area contributed by atoms with Crippen molar-refractivity contribution in [2.24, 2.45) is 0 Å². The number of hydrogen-bond acceptors (Lipinski definition) is 3. The van der Waals surface area contributed by atoms with Gasteiger partial charge < -0.3 is 10.1 Å². The maximum absolute atomic E-state index is 11.4. The molecule has 0 aromatic heterocycles. The summed E-state index contributed by atoms with van der Waals surface area (Å²) in [4.78, 5) is 11.4. The smallest absolute Gasteiger partial charge is 0.332 e. The third kappa shape index (κ3) is 7.39. The fourth-order valence-corrected chi connectivity index (χ4v) is 1.23. The van der Waals surface area contributed by atoms with Crippen LogP contribution in [-0.4, -0.2) is 22.9 Å². The van der Waals surface area contributed by atoms with Crippen LogP contribution < -0.4 is 5.32 Å². The molecule has 1 N–H and O–H groups in total. The molecule has 15 heavy (non-hydrogen) atoms. The molecule has 0 amide bonds. The maximum Gasteiger partial charge on any atom is 0.332 e. The summed E-state index contributed by atoms with van der Waals surface area (Å²) < 4.78 is 5.29. The van der Waals surface area contributed by atoms with E-state index in [-0.39, 0.29) is 10.3 Å². The highest BCUT2D eigenvalue weighted by Crippen LogP contribution is 1.98. The highest BCUT2D eigenvalue weighted by atomic mass is 32.1. The van der Waals surface area contributed by atoms with Gasteiger partial charge in [0, 0.05) is 0 Å². The van der Waals surface area contributed by atoms with Crippen LogP contribution in [0.1, 0.15) is 26.2 Å². The average molecular weight is 247 g/mol. The summed E-state index contributed by atoms with van der Waals surface area (Å²) in [6, 6.07) is -0.600. The van der Waals surface area contributed by atoms with Crippen LogP contribution in [0.2, 0.25) is 0 Å². The molecule has 0 rings (SSSR count). The highest BCUT2D eigenvalue weighted by Gasteiger charge is 2.15. The fourth-order valence-electron chi connectivity index (χ4n) is 0.962. The minimum absolute atomic E-state index is 0.255. The summed E-state index contributed by atoms with van der Waals surface area (Å²) in [7, 11) is 0. The molecule has 0 radical (unpaired) electrons. The number of carbonyl (C=O) groups excluding carboxylic acids is 1. The number of rotatable bonds is 7. The van der Waals surface area contributed by atoms with Crippen LogP contribution in [-0.2, 0) is 9.53 Å². The summed E-state index contributed by atoms with van der Waals surface area (Å²) in [6.07, 6.45) is 4.49. The number of hydrogen-bond donors (Lipinski definition) is 2. The molecule has 0 aliphatic rings. The van der Waals surface area contributed by atoms with Crippen LogP contribution in [0, 0.1) is 0 Å². The molecular weight excluding hydrogens is 230 g/mol. The lowest BCUT2D eigenvalue weighted by Gasteiger charge is -2.13. The number of thiocarbonyl (C=S) groups is 1. The Hall–Kier alpha value is -0.550. The summed E-state index contributed by atoms with van der Waals surface area (Å²) in [5, 5.41) is 2.67. The molecule has 0 aromatic rings. The van der Waals surface area contributed by atoms with Gasteiger partial charge in [-0.1, -0.05) is 38.1 Å². The summed E-state index contributed by atoms with van der Waals surface area (Å²) in [5.41, 5.74) is 0. The first kappa shape index (κ1) is 14.5. The molecule has 3 nitrogen and oxygen atoms in total. The normalized spacial score (nSPS) is 11.6. The van der Waals surface area contributed by atoms with Gasteiger partial charge in [-0.3, -0.25) is 0 Å². The van der Waals surface area contributed by atoms with Crippen molar-refractivity contribution in [2.45, 2.75) is 32.2 Å². The van der Waals surface area contributed by atoms with Gasteiger partial charge in [0.1, 0.15) is 10.4 Å². The SMILES string of the molecule is C=C[C@H](NC(=S)S)C(=O)OCCCCC. The zero-order valence-corrected chi connectivity index (χ0v) is 10.6. The Morgan fingerprint density at radius 2 is 2.33 bits per heavy atom. The van der Waals surface area contributed by atoms with Gasteiger partial charge in [-0.15, -0.1) is 19.2 Å². The van der Waals surface area contributed by atoms with Crippen LogP contribution in [0.3, 0.4) is 0 Å². The number of unbranched alkanes of at least 4 members (excludes halogenated alkanes) is 2. The Bertz CT molecular complexity index is 231. The van der Waals surface area contributed by atoms with Crippen molar-refractivity contribution in [3.8, 4) is 0 Å². The summed E-state index contributed by atoms with van der Waals surface area (Å²) in [5.74, 6) is -0.363. The molecule has 0 spiro atoms. The summed E-state index contributed by atoms with van der Waals surface area (Å²) in [6.45, 7) is 6.06. The van der Waals surface area contributed by atoms with Crippen molar-refractivity contribution in [2.75, 3.05) is 6.61 Å². The van der Waals surface area contributed by atoms with E-state index in [1.54, 1.807) is 0 Å². The fraction of sp³-hybridized carbons (Fsp3) is 0.600. The van der Waals surface area contributed by atoms with Crippen LogP contribution in [0.4, 0.5) is 0 Å². The third-order valence-electron chi connectivity index (χ3n) is 1.76. The Kier molecular flexibility index (Phi) is 8.41. The minimum Gasteiger partial charge on any atom is -0.464 e. The van der Waals surface area contributed by atoms with E-state index in [9.17, 15) is 4.79 Å². The predicted molar refractivity (Wildman–Crippen MR) is 69.2 cm³/mol. The Morgan fingerprint density at radius 1 is 1.67 bits per heavy atom. The molecular formula is C10H17NO2S2. The van der Waals surface area contributed by atoms with Gasteiger partial charge >= 0.3 is 5.97 Å². The van der Waals surface area contributed by atoms with Crippen LogP contribution >= 0.6 is 24.8 Å². The largest absolute Gasteiger partial charge is 0.464 e. The van der Waals surface area contributed by atoms with Crippen molar-refractivity contribution >= 4 is 35.1 Å². The highest BCUT2D eigenvalue weighted by molar-refractivity contribution is 8.11. The maximum atomic E-state index is 11.4. The molecule has 5 heteroatoms. The van der Waals surface area contributed by atoms with Gasteiger partial charge in [0.15, 0.2) is 0 Å². The van der Waals surface area contributed by atoms with E-state index in [4.69, 9.17) is 17.0 Å². The van der Waals surface area contributed by atoms with E-state index in [1.165, 1.54) is 6.08 Å². The zero-order chi connectivity index (χ0) is 11.7. The Morgan fingerprint density at radius 3 is 2.80 bits per heavy atom. The van der Waals surface area contributed by atoms with Crippen molar-refractivity contribution in [3.63, 3.8) is 0 Å². The van der Waals surface area contributed by atoms with E-state index in [1.807, 2.05) is 0 Å². The minimum atomic E-state index is -0.600. The number of thiol groups is 1.